The third kappa shape index (κ3) is 2.07. The van der Waals surface area contributed by atoms with Crippen LogP contribution in [0.2, 0.25) is 0 Å². The molecule has 1 fully saturated rings. The van der Waals surface area contributed by atoms with Crippen LogP contribution >= 0.6 is 0 Å². The van der Waals surface area contributed by atoms with E-state index in [0.717, 1.165) is 6.42 Å². The molecule has 1 amide bonds. The first-order valence-electron chi connectivity index (χ1n) is 5.21. The predicted molar refractivity (Wildman–Crippen MR) is 54.7 cm³/mol. The Bertz CT molecular complexity index is 214. The maximum atomic E-state index is 12.0. The van der Waals surface area contributed by atoms with E-state index in [0.29, 0.717) is 26.1 Å². The lowest BCUT2D eigenvalue weighted by molar-refractivity contribution is -0.140. The SMILES string of the molecule is CCC(C)(CN)C(=O)N1CC[C@@H](O)C1. The normalized spacial score (nSPS) is 26.3. The van der Waals surface area contributed by atoms with Gasteiger partial charge in [0.1, 0.15) is 0 Å². The molecule has 1 saturated heterocycles. The number of carbonyl (C=O) groups is 1. The molecule has 0 aliphatic carbocycles. The van der Waals surface area contributed by atoms with Gasteiger partial charge in [-0.2, -0.15) is 0 Å². The Hall–Kier alpha value is -0.610. The fourth-order valence-corrected chi connectivity index (χ4v) is 1.69. The number of carbonyl (C=O) groups excluding carboxylic acids is 1. The molecule has 14 heavy (non-hydrogen) atoms. The van der Waals surface area contributed by atoms with Gasteiger partial charge in [-0.15, -0.1) is 0 Å². The van der Waals surface area contributed by atoms with E-state index in [1.807, 2.05) is 13.8 Å². The number of β-amino-alcohol motifs (C(OH)–C–C–N with tert-alkyl or cyclic N) is 1. The van der Waals surface area contributed by atoms with Gasteiger partial charge in [-0.1, -0.05) is 6.92 Å². The standard InChI is InChI=1S/C10H20N2O2/c1-3-10(2,7-11)9(14)12-5-4-8(13)6-12/h8,13H,3-7,11H2,1-2H3/t8-,10?/m1/s1. The van der Waals surface area contributed by atoms with Crippen LogP contribution in [0.3, 0.4) is 0 Å². The number of rotatable bonds is 3. The van der Waals surface area contributed by atoms with Gasteiger partial charge in [0.25, 0.3) is 0 Å². The van der Waals surface area contributed by atoms with E-state index >= 15 is 0 Å². The maximum absolute atomic E-state index is 12.0. The summed E-state index contributed by atoms with van der Waals surface area (Å²) >= 11 is 0. The predicted octanol–water partition coefficient (Wildman–Crippen LogP) is -0.0454. The molecule has 3 N–H and O–H groups in total. The number of hydrogen-bond acceptors (Lipinski definition) is 3. The van der Waals surface area contributed by atoms with Crippen molar-refractivity contribution in [3.8, 4) is 0 Å². The van der Waals surface area contributed by atoms with Gasteiger partial charge >= 0.3 is 0 Å². The van der Waals surface area contributed by atoms with Crippen molar-refractivity contribution in [2.24, 2.45) is 11.1 Å². The largest absolute Gasteiger partial charge is 0.391 e. The summed E-state index contributed by atoms with van der Waals surface area (Å²) in [5, 5.41) is 9.33. The fraction of sp³-hybridized carbons (Fsp3) is 0.900. The zero-order valence-electron chi connectivity index (χ0n) is 8.99. The van der Waals surface area contributed by atoms with Crippen molar-refractivity contribution in [2.75, 3.05) is 19.6 Å². The van der Waals surface area contributed by atoms with Crippen LogP contribution in [-0.4, -0.2) is 41.7 Å². The highest BCUT2D eigenvalue weighted by atomic mass is 16.3. The highest BCUT2D eigenvalue weighted by molar-refractivity contribution is 5.82. The van der Waals surface area contributed by atoms with Gasteiger partial charge in [0, 0.05) is 19.6 Å². The van der Waals surface area contributed by atoms with Crippen LogP contribution in [0.15, 0.2) is 0 Å². The van der Waals surface area contributed by atoms with Crippen LogP contribution in [0.25, 0.3) is 0 Å². The number of hydrogen-bond donors (Lipinski definition) is 2. The van der Waals surface area contributed by atoms with Gasteiger partial charge in [-0.05, 0) is 19.8 Å². The Balaban J connectivity index is 2.64. The lowest BCUT2D eigenvalue weighted by Crippen LogP contribution is -2.45. The molecule has 0 radical (unpaired) electrons. The number of nitrogens with two attached hydrogens (primary N) is 1. The first-order valence-corrected chi connectivity index (χ1v) is 5.21. The summed E-state index contributed by atoms with van der Waals surface area (Å²) in [6.07, 6.45) is 1.09. The Morgan fingerprint density at radius 3 is 2.71 bits per heavy atom. The summed E-state index contributed by atoms with van der Waals surface area (Å²) in [7, 11) is 0. The molecule has 82 valence electrons. The zero-order valence-corrected chi connectivity index (χ0v) is 8.99. The molecule has 2 atom stereocenters. The minimum atomic E-state index is -0.454. The summed E-state index contributed by atoms with van der Waals surface area (Å²) in [5.74, 6) is 0.0825. The Morgan fingerprint density at radius 1 is 1.71 bits per heavy atom. The van der Waals surface area contributed by atoms with Gasteiger partial charge in [0.2, 0.25) is 5.91 Å². The van der Waals surface area contributed by atoms with Crippen LogP contribution in [0.1, 0.15) is 26.7 Å². The van der Waals surface area contributed by atoms with Gasteiger partial charge < -0.3 is 15.7 Å². The second kappa shape index (κ2) is 4.28. The molecule has 0 aromatic heterocycles. The highest BCUT2D eigenvalue weighted by Gasteiger charge is 2.36. The molecular weight excluding hydrogens is 180 g/mol. The lowest BCUT2D eigenvalue weighted by atomic mass is 9.86. The third-order valence-corrected chi connectivity index (χ3v) is 3.20. The Kier molecular flexibility index (Phi) is 3.50. The van der Waals surface area contributed by atoms with Crippen LogP contribution < -0.4 is 5.73 Å². The second-order valence-corrected chi connectivity index (χ2v) is 4.31. The average Bonchev–Trinajstić information content (AvgIpc) is 2.62. The summed E-state index contributed by atoms with van der Waals surface area (Å²) in [4.78, 5) is 13.7. The third-order valence-electron chi connectivity index (χ3n) is 3.20. The smallest absolute Gasteiger partial charge is 0.229 e. The Labute approximate surface area is 85.1 Å². The molecular formula is C10H20N2O2. The first-order chi connectivity index (χ1) is 6.53. The molecule has 4 nitrogen and oxygen atoms in total. The molecule has 0 aromatic rings. The maximum Gasteiger partial charge on any atom is 0.229 e. The summed E-state index contributed by atoms with van der Waals surface area (Å²) < 4.78 is 0. The van der Waals surface area contributed by atoms with E-state index < -0.39 is 5.41 Å². The number of nitrogens with zero attached hydrogens (tertiary/aromatic N) is 1. The van der Waals surface area contributed by atoms with E-state index in [1.54, 1.807) is 4.90 Å². The molecule has 0 aromatic carbocycles. The molecule has 1 aliphatic heterocycles. The van der Waals surface area contributed by atoms with E-state index in [4.69, 9.17) is 5.73 Å². The van der Waals surface area contributed by atoms with Gasteiger partial charge in [-0.3, -0.25) is 4.79 Å². The van der Waals surface area contributed by atoms with Crippen LogP contribution in [0.4, 0.5) is 0 Å². The number of aliphatic hydroxyl groups excluding tert-OH is 1. The van der Waals surface area contributed by atoms with E-state index in [-0.39, 0.29) is 12.0 Å². The Morgan fingerprint density at radius 2 is 2.36 bits per heavy atom. The fourth-order valence-electron chi connectivity index (χ4n) is 1.69. The van der Waals surface area contributed by atoms with Crippen molar-refractivity contribution in [3.63, 3.8) is 0 Å². The zero-order chi connectivity index (χ0) is 10.8. The minimum Gasteiger partial charge on any atom is -0.391 e. The number of amides is 1. The quantitative estimate of drug-likeness (QED) is 0.671. The van der Waals surface area contributed by atoms with E-state index in [1.165, 1.54) is 0 Å². The van der Waals surface area contributed by atoms with Crippen molar-refractivity contribution in [1.82, 2.24) is 4.90 Å². The monoisotopic (exact) mass is 200 g/mol. The molecule has 0 saturated carbocycles. The van der Waals surface area contributed by atoms with Gasteiger partial charge in [0.15, 0.2) is 0 Å². The van der Waals surface area contributed by atoms with Gasteiger partial charge in [-0.25, -0.2) is 0 Å². The summed E-state index contributed by atoms with van der Waals surface area (Å²) in [5.41, 5.74) is 5.16. The van der Waals surface area contributed by atoms with Crippen molar-refractivity contribution >= 4 is 5.91 Å². The first kappa shape index (κ1) is 11.5. The van der Waals surface area contributed by atoms with E-state index in [2.05, 4.69) is 0 Å². The average molecular weight is 200 g/mol. The molecule has 1 heterocycles. The van der Waals surface area contributed by atoms with Crippen LogP contribution in [-0.2, 0) is 4.79 Å². The van der Waals surface area contributed by atoms with Crippen LogP contribution in [0.5, 0.6) is 0 Å². The number of aliphatic hydroxyl groups is 1. The topological polar surface area (TPSA) is 66.6 Å². The van der Waals surface area contributed by atoms with Crippen molar-refractivity contribution in [1.29, 1.82) is 0 Å². The summed E-state index contributed by atoms with van der Waals surface area (Å²) in [6.45, 7) is 5.36. The van der Waals surface area contributed by atoms with Crippen LogP contribution in [0, 0.1) is 5.41 Å². The lowest BCUT2D eigenvalue weighted by Gasteiger charge is -2.30. The minimum absolute atomic E-state index is 0.0825. The molecule has 0 spiro atoms. The molecule has 0 bridgehead atoms. The molecule has 1 rings (SSSR count). The molecule has 4 heteroatoms. The van der Waals surface area contributed by atoms with Crippen molar-refractivity contribution < 1.29 is 9.90 Å². The summed E-state index contributed by atoms with van der Waals surface area (Å²) in [6, 6.07) is 0. The molecule has 1 unspecified atom stereocenters. The highest BCUT2D eigenvalue weighted by Crippen LogP contribution is 2.24. The second-order valence-electron chi connectivity index (χ2n) is 4.31. The number of likely N-dealkylation sites (tertiary alicyclic amines) is 1. The molecule has 1 aliphatic rings. The van der Waals surface area contributed by atoms with Crippen molar-refractivity contribution in [2.45, 2.75) is 32.8 Å². The van der Waals surface area contributed by atoms with Crippen molar-refractivity contribution in [3.05, 3.63) is 0 Å². The van der Waals surface area contributed by atoms with Gasteiger partial charge in [0.05, 0.1) is 11.5 Å². The van der Waals surface area contributed by atoms with E-state index in [9.17, 15) is 9.90 Å².